The third-order valence-corrected chi connectivity index (χ3v) is 10.9. The lowest BCUT2D eigenvalue weighted by Crippen LogP contribution is -2.37. The number of carbonyl (C=O) groups is 2. The smallest absolute Gasteiger partial charge is 0.306 e. The van der Waals surface area contributed by atoms with Gasteiger partial charge in [-0.1, -0.05) is 132 Å². The van der Waals surface area contributed by atoms with Crippen LogP contribution in [0.4, 0.5) is 0 Å². The molecule has 1 rings (SSSR count). The van der Waals surface area contributed by atoms with Gasteiger partial charge in [0.2, 0.25) is 0 Å². The molecule has 0 saturated carbocycles. The number of esters is 2. The Bertz CT molecular complexity index is 1260. The van der Waals surface area contributed by atoms with E-state index in [-0.39, 0.29) is 38.3 Å². The molecule has 1 aliphatic heterocycles. The van der Waals surface area contributed by atoms with Crippen LogP contribution in [0.3, 0.4) is 0 Å². The zero-order valence-corrected chi connectivity index (χ0v) is 38.8. The maximum Gasteiger partial charge on any atom is 0.306 e. The number of likely N-dealkylation sites (N-methyl/N-ethyl adjacent to an activating group) is 1. The normalized spacial score (nSPS) is 17.5. The molecule has 0 radical (unpaired) electrons. The van der Waals surface area contributed by atoms with Gasteiger partial charge in [-0.05, 0) is 83.5 Å². The van der Waals surface area contributed by atoms with Crippen molar-refractivity contribution in [3.8, 4) is 0 Å². The molecule has 59 heavy (non-hydrogen) atoms. The van der Waals surface area contributed by atoms with Gasteiger partial charge in [0, 0.05) is 12.8 Å². The van der Waals surface area contributed by atoms with Gasteiger partial charge in [0.15, 0.2) is 6.10 Å². The SMILES string of the molecule is CCCCC/C=C\C/C=C\CCCCCCCCCC(=O)OC[C@H](COP(=O)([O-])OCC[N+](C)(C)C)OC(=O)CCC/C=C\CC1OC1C/C=C\C/C=C\CCCCC. The zero-order chi connectivity index (χ0) is 43.3. The zero-order valence-electron chi connectivity index (χ0n) is 37.9. The summed E-state index contributed by atoms with van der Waals surface area (Å²) in [6, 6.07) is 0. The van der Waals surface area contributed by atoms with Crippen LogP contribution in [0.5, 0.6) is 0 Å². The van der Waals surface area contributed by atoms with E-state index in [0.29, 0.717) is 30.3 Å². The van der Waals surface area contributed by atoms with Gasteiger partial charge in [0.25, 0.3) is 7.82 Å². The number of nitrogens with zero attached hydrogens (tertiary/aromatic N) is 1. The van der Waals surface area contributed by atoms with E-state index >= 15 is 0 Å². The van der Waals surface area contributed by atoms with E-state index in [1.54, 1.807) is 0 Å². The second-order valence-corrected chi connectivity index (χ2v) is 18.2. The number of epoxide rings is 1. The van der Waals surface area contributed by atoms with Gasteiger partial charge in [-0.2, -0.15) is 0 Å². The quantitative estimate of drug-likeness (QED) is 0.0148. The summed E-state index contributed by atoms with van der Waals surface area (Å²) < 4.78 is 39.7. The predicted molar refractivity (Wildman–Crippen MR) is 240 cm³/mol. The van der Waals surface area contributed by atoms with Crippen LogP contribution in [0.25, 0.3) is 0 Å². The van der Waals surface area contributed by atoms with E-state index in [2.05, 4.69) is 68.5 Å². The van der Waals surface area contributed by atoms with E-state index in [0.717, 1.165) is 57.8 Å². The molecule has 4 atom stereocenters. The third-order valence-electron chi connectivity index (χ3n) is 9.91. The van der Waals surface area contributed by atoms with Crippen molar-refractivity contribution in [1.29, 1.82) is 0 Å². The van der Waals surface area contributed by atoms with Crippen molar-refractivity contribution in [2.24, 2.45) is 0 Å². The predicted octanol–water partition coefficient (Wildman–Crippen LogP) is 11.6. The van der Waals surface area contributed by atoms with E-state index in [9.17, 15) is 19.0 Å². The van der Waals surface area contributed by atoms with E-state index in [1.165, 1.54) is 64.2 Å². The molecule has 0 aromatic heterocycles. The van der Waals surface area contributed by atoms with Crippen LogP contribution in [0, 0.1) is 0 Å². The average Bonchev–Trinajstić information content (AvgIpc) is 3.94. The molecule has 340 valence electrons. The van der Waals surface area contributed by atoms with Crippen LogP contribution in [0.15, 0.2) is 60.8 Å². The molecule has 0 bridgehead atoms. The molecule has 3 unspecified atom stereocenters. The molecule has 1 heterocycles. The lowest BCUT2D eigenvalue weighted by atomic mass is 10.1. The summed E-state index contributed by atoms with van der Waals surface area (Å²) in [5.74, 6) is -0.921. The van der Waals surface area contributed by atoms with Crippen LogP contribution >= 0.6 is 7.82 Å². The number of ether oxygens (including phenoxy) is 3. The Labute approximate surface area is 360 Å². The van der Waals surface area contributed by atoms with Crippen molar-refractivity contribution in [3.05, 3.63) is 60.8 Å². The molecule has 11 heteroatoms. The van der Waals surface area contributed by atoms with Gasteiger partial charge in [0.05, 0.1) is 40.0 Å². The molecule has 0 aliphatic carbocycles. The van der Waals surface area contributed by atoms with E-state index in [1.807, 2.05) is 27.2 Å². The van der Waals surface area contributed by atoms with Crippen LogP contribution < -0.4 is 4.89 Å². The van der Waals surface area contributed by atoms with Crippen molar-refractivity contribution >= 4 is 19.8 Å². The molecule has 0 amide bonds. The van der Waals surface area contributed by atoms with Crippen molar-refractivity contribution in [2.45, 2.75) is 186 Å². The van der Waals surface area contributed by atoms with Crippen LogP contribution in [-0.2, 0) is 37.4 Å². The third kappa shape index (κ3) is 37.2. The molecule has 1 aliphatic rings. The largest absolute Gasteiger partial charge is 0.756 e. The lowest BCUT2D eigenvalue weighted by molar-refractivity contribution is -0.870. The number of carbonyl (C=O) groups excluding carboxylic acids is 2. The van der Waals surface area contributed by atoms with Gasteiger partial charge in [0.1, 0.15) is 19.8 Å². The fourth-order valence-corrected chi connectivity index (χ4v) is 6.86. The van der Waals surface area contributed by atoms with Crippen LogP contribution in [0.1, 0.15) is 168 Å². The Kier molecular flexibility index (Phi) is 33.7. The van der Waals surface area contributed by atoms with Crippen molar-refractivity contribution < 1.29 is 46.8 Å². The summed E-state index contributed by atoms with van der Waals surface area (Å²) in [6.07, 6.45) is 45.6. The summed E-state index contributed by atoms with van der Waals surface area (Å²) in [5.41, 5.74) is 0. The molecule has 0 aromatic carbocycles. The number of hydrogen-bond acceptors (Lipinski definition) is 9. The fourth-order valence-electron chi connectivity index (χ4n) is 6.13. The molecule has 1 saturated heterocycles. The van der Waals surface area contributed by atoms with Gasteiger partial charge in [-0.15, -0.1) is 0 Å². The second-order valence-electron chi connectivity index (χ2n) is 16.8. The fraction of sp³-hybridized carbons (Fsp3) is 0.750. The Morgan fingerprint density at radius 2 is 1.08 bits per heavy atom. The van der Waals surface area contributed by atoms with Crippen molar-refractivity contribution in [2.75, 3.05) is 47.5 Å². The highest BCUT2D eigenvalue weighted by Gasteiger charge is 2.36. The van der Waals surface area contributed by atoms with Crippen molar-refractivity contribution in [1.82, 2.24) is 0 Å². The molecule has 10 nitrogen and oxygen atoms in total. The van der Waals surface area contributed by atoms with E-state index < -0.39 is 32.5 Å². The highest BCUT2D eigenvalue weighted by atomic mass is 31.2. The topological polar surface area (TPSA) is 124 Å². The maximum atomic E-state index is 12.7. The number of unbranched alkanes of at least 4 members (excludes halogenated alkanes) is 14. The number of rotatable bonds is 40. The first kappa shape index (κ1) is 54.7. The monoisotopic (exact) mass is 850 g/mol. The maximum absolute atomic E-state index is 12.7. The molecule has 0 spiro atoms. The van der Waals surface area contributed by atoms with Gasteiger partial charge >= 0.3 is 11.9 Å². The average molecular weight is 850 g/mol. The Morgan fingerprint density at radius 3 is 1.66 bits per heavy atom. The first-order chi connectivity index (χ1) is 28.5. The van der Waals surface area contributed by atoms with Gasteiger partial charge in [-0.3, -0.25) is 14.2 Å². The molecule has 1 fully saturated rings. The molecule has 0 aromatic rings. The summed E-state index contributed by atoms with van der Waals surface area (Å²) in [6.45, 7) is 4.07. The molecule has 0 N–H and O–H groups in total. The summed E-state index contributed by atoms with van der Waals surface area (Å²) in [5, 5.41) is 0. The van der Waals surface area contributed by atoms with Crippen molar-refractivity contribution in [3.63, 3.8) is 0 Å². The Hall–Kier alpha value is -2.33. The minimum atomic E-state index is -4.65. The summed E-state index contributed by atoms with van der Waals surface area (Å²) in [4.78, 5) is 37.6. The van der Waals surface area contributed by atoms with E-state index in [4.69, 9.17) is 23.3 Å². The Morgan fingerprint density at radius 1 is 0.610 bits per heavy atom. The number of quaternary nitrogens is 1. The standard InChI is InChI=1S/C48H84NO9P/c1-6-8-10-12-14-16-17-18-19-20-21-22-23-25-27-29-34-38-47(50)54-42-44(43-56-59(52,53)55-41-40-49(3,4)5)57-48(51)39-35-31-30-33-37-46-45(58-46)36-32-28-26-24-15-13-11-9-7-2/h14-16,18-19,24,28,30,32-33,44-46H,6-13,17,20-23,25-27,29,31,34-43H2,1-5H3/b16-14-,19-18-,24-15-,32-28-,33-30-/t44-,45?,46?/m1/s1. The Balaban J connectivity index is 2.32. The lowest BCUT2D eigenvalue weighted by Gasteiger charge is -2.28. The van der Waals surface area contributed by atoms with Crippen LogP contribution in [-0.4, -0.2) is 82.2 Å². The number of hydrogen-bond donors (Lipinski definition) is 0. The first-order valence-electron chi connectivity index (χ1n) is 23.1. The van der Waals surface area contributed by atoms with Crippen LogP contribution in [0.2, 0.25) is 0 Å². The summed E-state index contributed by atoms with van der Waals surface area (Å²) in [7, 11) is 1.11. The highest BCUT2D eigenvalue weighted by Crippen LogP contribution is 2.38. The minimum Gasteiger partial charge on any atom is -0.756 e. The number of phosphoric ester groups is 1. The molecular weight excluding hydrogens is 765 g/mol. The number of phosphoric acid groups is 1. The van der Waals surface area contributed by atoms with Gasteiger partial charge < -0.3 is 32.6 Å². The van der Waals surface area contributed by atoms with Gasteiger partial charge in [-0.25, -0.2) is 0 Å². The highest BCUT2D eigenvalue weighted by molar-refractivity contribution is 7.45. The molecular formula is C48H84NO9P. The second kappa shape index (κ2) is 36.3. The first-order valence-corrected chi connectivity index (χ1v) is 24.6. The summed E-state index contributed by atoms with van der Waals surface area (Å²) >= 11 is 0. The number of allylic oxidation sites excluding steroid dienone is 8. The minimum absolute atomic E-state index is 0.0480.